The molecule has 21 nitrogen and oxygen atoms in total. The van der Waals surface area contributed by atoms with Gasteiger partial charge in [0.05, 0.1) is 12.2 Å². The van der Waals surface area contributed by atoms with Crippen molar-refractivity contribution in [3.8, 4) is 5.75 Å². The minimum atomic E-state index is -5.19. The van der Waals surface area contributed by atoms with Crippen molar-refractivity contribution < 1.29 is 57.2 Å². The van der Waals surface area contributed by atoms with E-state index in [9.17, 15) is 57.2 Å². The molecule has 1 saturated heterocycles. The minimum Gasteiger partial charge on any atom is -0.503 e. The average Bonchev–Trinajstić information content (AvgIpc) is 3.35. The molecular weight excluding hydrogens is 648 g/mol. The summed E-state index contributed by atoms with van der Waals surface area (Å²) in [5.74, 6) is -6.91. The van der Waals surface area contributed by atoms with E-state index in [4.69, 9.17) is 10.6 Å². The third-order valence-electron chi connectivity index (χ3n) is 6.03. The number of nitrogens with two attached hydrogens (primary N) is 1. The maximum absolute atomic E-state index is 13.1. The number of carbonyl (C=O) groups is 5. The van der Waals surface area contributed by atoms with Crippen LogP contribution >= 0.6 is 11.3 Å². The van der Waals surface area contributed by atoms with Crippen LogP contribution in [0.5, 0.6) is 5.75 Å². The first kappa shape index (κ1) is 34.2. The quantitative estimate of drug-likeness (QED) is 0.0362. The van der Waals surface area contributed by atoms with Crippen LogP contribution in [0.15, 0.2) is 27.6 Å². The van der Waals surface area contributed by atoms with Gasteiger partial charge in [0.1, 0.15) is 23.5 Å². The van der Waals surface area contributed by atoms with Gasteiger partial charge in [-0.2, -0.15) is 13.1 Å². The lowest BCUT2D eigenvalue weighted by atomic mass is 9.98. The highest BCUT2D eigenvalue weighted by Gasteiger charge is 2.54. The van der Waals surface area contributed by atoms with Crippen LogP contribution in [0.3, 0.4) is 0 Å². The molecule has 2 aromatic rings. The van der Waals surface area contributed by atoms with E-state index < -0.39 is 92.8 Å². The zero-order chi connectivity index (χ0) is 34.0. The first-order valence-corrected chi connectivity index (χ1v) is 14.6. The van der Waals surface area contributed by atoms with E-state index in [2.05, 4.69) is 26.1 Å². The number of carboxylic acid groups (broad SMARTS) is 1. The number of anilines is 1. The van der Waals surface area contributed by atoms with Gasteiger partial charge in [-0.15, -0.1) is 11.3 Å². The van der Waals surface area contributed by atoms with E-state index in [0.717, 1.165) is 25.2 Å². The lowest BCUT2D eigenvalue weighted by Gasteiger charge is -2.44. The molecule has 3 rings (SSSR count). The molecule has 4 amide bonds. The number of aromatic nitrogens is 2. The van der Waals surface area contributed by atoms with Crippen LogP contribution in [0.4, 0.5) is 5.13 Å². The standard InChI is InChI=1S/C22H26N8O13S2/c1-8(25-17(34)10-4-12(31)13(32)6-29(10)39)16(33)24-5-11-15(19(36)30(11)45(40,41)42)27-18(35)14(9-7-44-21(23)26-9)28-43-22(2,3)20(37)38/h4,6-8,11,15,32,39H,5H2,1-3H3,(H2,23,26)(H,24,33)(H,25,34)(H,27,35)(H,37,38)(H,40,41,42)/t8-,11-,15-/m0/s1. The zero-order valence-electron chi connectivity index (χ0n) is 23.3. The van der Waals surface area contributed by atoms with Crippen molar-refractivity contribution in [2.45, 2.75) is 44.5 Å². The number of rotatable bonds is 12. The number of nitrogen functional groups attached to an aromatic ring is 1. The maximum atomic E-state index is 13.1. The van der Waals surface area contributed by atoms with Gasteiger partial charge in [-0.1, -0.05) is 5.16 Å². The lowest BCUT2D eigenvalue weighted by molar-refractivity contribution is -0.161. The summed E-state index contributed by atoms with van der Waals surface area (Å²) in [6.45, 7) is 2.70. The molecule has 9 N–H and O–H groups in total. The van der Waals surface area contributed by atoms with Crippen molar-refractivity contribution in [1.82, 2.24) is 30.0 Å². The number of β-lactam (4-membered cyclic amide) rings is 1. The Hall–Kier alpha value is -5.29. The number of carboxylic acids is 1. The molecule has 1 aliphatic rings. The molecule has 0 unspecified atom stereocenters. The summed E-state index contributed by atoms with van der Waals surface area (Å²) in [4.78, 5) is 82.7. The topological polar surface area (TPSA) is 322 Å². The molecule has 1 aliphatic heterocycles. The largest absolute Gasteiger partial charge is 0.503 e. The number of hydrogen-bond donors (Lipinski definition) is 8. The second-order valence-corrected chi connectivity index (χ2v) is 11.9. The number of thiazole rings is 1. The summed E-state index contributed by atoms with van der Waals surface area (Å²) in [5, 5.41) is 39.7. The van der Waals surface area contributed by atoms with Gasteiger partial charge >= 0.3 is 16.3 Å². The molecule has 0 bridgehead atoms. The molecule has 0 spiro atoms. The Kier molecular flexibility index (Phi) is 9.69. The first-order chi connectivity index (χ1) is 20.7. The molecule has 2 aromatic heterocycles. The highest BCUT2D eigenvalue weighted by Crippen LogP contribution is 2.24. The summed E-state index contributed by atoms with van der Waals surface area (Å²) in [7, 11) is -5.19. The fraction of sp³-hybridized carbons (Fsp3) is 0.364. The van der Waals surface area contributed by atoms with Crippen molar-refractivity contribution in [3.63, 3.8) is 0 Å². The number of oxime groups is 1. The Morgan fingerprint density at radius 1 is 1.27 bits per heavy atom. The number of aliphatic carboxylic acids is 1. The van der Waals surface area contributed by atoms with E-state index in [1.54, 1.807) is 0 Å². The van der Waals surface area contributed by atoms with Crippen LogP contribution in [0, 0.1) is 0 Å². The van der Waals surface area contributed by atoms with E-state index in [1.807, 2.05) is 0 Å². The van der Waals surface area contributed by atoms with Crippen molar-refractivity contribution >= 4 is 62.1 Å². The van der Waals surface area contributed by atoms with E-state index >= 15 is 0 Å². The Morgan fingerprint density at radius 2 is 1.91 bits per heavy atom. The number of pyridine rings is 1. The molecule has 0 saturated carbocycles. The van der Waals surface area contributed by atoms with Gasteiger partial charge in [-0.3, -0.25) is 28.5 Å². The second kappa shape index (κ2) is 12.7. The number of hydrogen-bond acceptors (Lipinski definition) is 15. The van der Waals surface area contributed by atoms with Crippen LogP contribution in [0.2, 0.25) is 0 Å². The summed E-state index contributed by atoms with van der Waals surface area (Å²) in [6.07, 6.45) is 0.548. The molecule has 0 radical (unpaired) electrons. The van der Waals surface area contributed by atoms with Crippen LogP contribution in [0.25, 0.3) is 0 Å². The molecule has 3 atom stereocenters. The predicted octanol–water partition coefficient (Wildman–Crippen LogP) is -3.15. The predicted molar refractivity (Wildman–Crippen MR) is 149 cm³/mol. The Morgan fingerprint density at radius 3 is 2.47 bits per heavy atom. The van der Waals surface area contributed by atoms with Crippen molar-refractivity contribution in [1.29, 1.82) is 0 Å². The third kappa shape index (κ3) is 7.63. The number of carbonyl (C=O) groups excluding carboxylic acids is 4. The smallest absolute Gasteiger partial charge is 0.362 e. The second-order valence-electron chi connectivity index (χ2n) is 9.74. The fourth-order valence-corrected chi connectivity index (χ4v) is 4.98. The summed E-state index contributed by atoms with van der Waals surface area (Å²) in [6, 6.07) is -4.11. The SMILES string of the molecule is C[C@H](NC(=O)c1cc(=O)c(O)cn1O)C(=O)NC[C@H]1[C@H](NC(=O)C(=NOC(C)(C)C(=O)O)c2csc(N)n2)C(=O)N1S(=O)(=O)O. The normalized spacial score (nSPS) is 17.6. The number of nitrogens with one attached hydrogen (secondary N) is 3. The van der Waals surface area contributed by atoms with E-state index in [-0.39, 0.29) is 19.9 Å². The van der Waals surface area contributed by atoms with Crippen molar-refractivity contribution in [3.05, 3.63) is 39.3 Å². The van der Waals surface area contributed by atoms with Crippen LogP contribution in [-0.4, -0.2) is 108 Å². The molecule has 0 aliphatic carbocycles. The van der Waals surface area contributed by atoms with Gasteiger partial charge in [0.2, 0.25) is 16.9 Å². The molecular formula is C22H26N8O13S2. The number of amides is 4. The van der Waals surface area contributed by atoms with Crippen LogP contribution in [-0.2, 0) is 34.3 Å². The first-order valence-electron chi connectivity index (χ1n) is 12.3. The lowest BCUT2D eigenvalue weighted by Crippen LogP contribution is -2.74. The monoisotopic (exact) mass is 674 g/mol. The van der Waals surface area contributed by atoms with Gasteiger partial charge in [-0.05, 0) is 20.8 Å². The van der Waals surface area contributed by atoms with Gasteiger partial charge in [0.25, 0.3) is 17.7 Å². The van der Waals surface area contributed by atoms with Crippen molar-refractivity contribution in [2.24, 2.45) is 5.16 Å². The van der Waals surface area contributed by atoms with E-state index in [1.165, 1.54) is 12.3 Å². The zero-order valence-corrected chi connectivity index (χ0v) is 24.9. The third-order valence-corrected chi connectivity index (χ3v) is 7.66. The molecule has 45 heavy (non-hydrogen) atoms. The highest BCUT2D eigenvalue weighted by atomic mass is 32.2. The average molecular weight is 675 g/mol. The Bertz CT molecular complexity index is 1750. The number of nitrogens with zero attached hydrogens (tertiary/aromatic N) is 4. The van der Waals surface area contributed by atoms with Crippen molar-refractivity contribution in [2.75, 3.05) is 12.3 Å². The van der Waals surface area contributed by atoms with Gasteiger partial charge < -0.3 is 41.9 Å². The molecule has 0 aromatic carbocycles. The minimum absolute atomic E-state index is 0.0188. The number of aromatic hydroxyl groups is 1. The molecule has 3 heterocycles. The van der Waals surface area contributed by atoms with Crippen LogP contribution in [0.1, 0.15) is 37.0 Å². The van der Waals surface area contributed by atoms with E-state index in [0.29, 0.717) is 12.3 Å². The fourth-order valence-electron chi connectivity index (χ4n) is 3.55. The van der Waals surface area contributed by atoms with Crippen LogP contribution < -0.4 is 27.1 Å². The van der Waals surface area contributed by atoms with Gasteiger partial charge in [0.15, 0.2) is 16.6 Å². The highest BCUT2D eigenvalue weighted by molar-refractivity contribution is 7.84. The summed E-state index contributed by atoms with van der Waals surface area (Å²) in [5.41, 5.74) is 1.20. The molecule has 1 fully saturated rings. The van der Waals surface area contributed by atoms with Gasteiger partial charge in [0, 0.05) is 18.0 Å². The molecule has 23 heteroatoms. The molecule has 244 valence electrons. The summed E-state index contributed by atoms with van der Waals surface area (Å²) >= 11 is 0.879. The van der Waals surface area contributed by atoms with Gasteiger partial charge in [-0.25, -0.2) is 14.1 Å². The summed E-state index contributed by atoms with van der Waals surface area (Å²) < 4.78 is 33.4. The maximum Gasteiger partial charge on any atom is 0.362 e. The Labute approximate surface area is 256 Å². The Balaban J connectivity index is 1.77.